The normalized spacial score (nSPS) is 20.1. The minimum atomic E-state index is -1.62. The molecule has 2 unspecified atom stereocenters. The summed E-state index contributed by atoms with van der Waals surface area (Å²) in [6.45, 7) is 5.45. The zero-order valence-electron chi connectivity index (χ0n) is 23.3. The van der Waals surface area contributed by atoms with Crippen molar-refractivity contribution < 1.29 is 6.11 Å². The Morgan fingerprint density at radius 2 is 1.98 bits per heavy atom. The lowest BCUT2D eigenvalue weighted by atomic mass is 9.81. The van der Waals surface area contributed by atoms with Crippen LogP contribution in [-0.2, 0) is 4.74 Å². The number of nitrogens with zero attached hydrogens (tertiary/aromatic N) is 6. The van der Waals surface area contributed by atoms with Gasteiger partial charge in [0.1, 0.15) is 17.8 Å². The molecule has 1 aliphatic heterocycles. The van der Waals surface area contributed by atoms with Gasteiger partial charge in [-0.05, 0) is 43.0 Å². The minimum absolute atomic E-state index is 0.0342. The van der Waals surface area contributed by atoms with Crippen molar-refractivity contribution in [2.45, 2.75) is 51.2 Å². The summed E-state index contributed by atoms with van der Waals surface area (Å²) in [6, 6.07) is 13.8. The zero-order chi connectivity index (χ0) is 28.8. The van der Waals surface area contributed by atoms with Gasteiger partial charge in [0.2, 0.25) is 0 Å². The highest BCUT2D eigenvalue weighted by molar-refractivity contribution is 6.31. The molecule has 1 saturated heterocycles. The molecular formula is C30H29ClN8O. The molecule has 3 heterocycles. The molecule has 2 aromatic carbocycles. The topological polar surface area (TPSA) is 124 Å². The lowest BCUT2D eigenvalue weighted by Crippen LogP contribution is -2.44. The van der Waals surface area contributed by atoms with Crippen LogP contribution in [0.5, 0.6) is 0 Å². The third-order valence-corrected chi connectivity index (χ3v) is 7.93. The second-order valence-corrected chi connectivity index (χ2v) is 11.4. The van der Waals surface area contributed by atoms with Gasteiger partial charge >= 0.3 is 0 Å². The molecule has 0 radical (unpaired) electrons. The van der Waals surface area contributed by atoms with Crippen LogP contribution in [-0.4, -0.2) is 39.2 Å². The van der Waals surface area contributed by atoms with Crippen molar-refractivity contribution in [2.24, 2.45) is 5.41 Å². The largest absolute Gasteiger partial charge is 0.381 e. The molecule has 10 heteroatoms. The van der Waals surface area contributed by atoms with Gasteiger partial charge in [0.25, 0.3) is 0 Å². The average molecular weight is 554 g/mol. The Labute approximate surface area is 239 Å². The van der Waals surface area contributed by atoms with Gasteiger partial charge in [0, 0.05) is 40.4 Å². The number of halogens is 1. The summed E-state index contributed by atoms with van der Waals surface area (Å²) >= 11 is 6.63. The van der Waals surface area contributed by atoms with Crippen molar-refractivity contribution in [3.05, 3.63) is 76.2 Å². The molecule has 2 atom stereocenters. The number of anilines is 2. The maximum Gasteiger partial charge on any atom is 0.110 e. The number of rotatable bonds is 7. The molecule has 2 fully saturated rings. The number of pyridine rings is 1. The Morgan fingerprint density at radius 3 is 2.70 bits per heavy atom. The van der Waals surface area contributed by atoms with E-state index in [1.54, 1.807) is 29.1 Å². The molecule has 2 aliphatic rings. The van der Waals surface area contributed by atoms with Crippen LogP contribution in [0.3, 0.4) is 0 Å². The fourth-order valence-corrected chi connectivity index (χ4v) is 5.39. The highest BCUT2D eigenvalue weighted by Crippen LogP contribution is 2.39. The van der Waals surface area contributed by atoms with Crippen LogP contribution in [0.2, 0.25) is 5.02 Å². The molecule has 4 aromatic rings. The highest BCUT2D eigenvalue weighted by Gasteiger charge is 2.34. The summed E-state index contributed by atoms with van der Waals surface area (Å²) < 4.78 is 17.2. The van der Waals surface area contributed by atoms with Gasteiger partial charge in [-0.15, -0.1) is 5.10 Å². The fraction of sp³-hybridized carbons (Fsp3) is 0.367. The molecule has 9 nitrogen and oxygen atoms in total. The predicted octanol–water partition coefficient (Wildman–Crippen LogP) is 5.99. The summed E-state index contributed by atoms with van der Waals surface area (Å²) in [6.07, 6.45) is 6.10. The SMILES string of the molecule is [2H]C(Nc1cc(C#N)c2ncc(C#N)c(NC3CCOCC3(C)C)c2c1)(c1cn(C2CC2)nn1)c1ccccc1Cl. The van der Waals surface area contributed by atoms with Crippen molar-refractivity contribution in [1.82, 2.24) is 20.0 Å². The first-order valence-electron chi connectivity index (χ1n) is 13.8. The number of benzene rings is 2. The van der Waals surface area contributed by atoms with E-state index in [1.165, 1.54) is 6.20 Å². The monoisotopic (exact) mass is 553 g/mol. The van der Waals surface area contributed by atoms with Gasteiger partial charge in [-0.1, -0.05) is 48.9 Å². The first-order valence-corrected chi connectivity index (χ1v) is 13.7. The number of aromatic nitrogens is 4. The van der Waals surface area contributed by atoms with Crippen LogP contribution in [0, 0.1) is 28.1 Å². The van der Waals surface area contributed by atoms with Crippen molar-refractivity contribution in [2.75, 3.05) is 23.8 Å². The van der Waals surface area contributed by atoms with Gasteiger partial charge < -0.3 is 15.4 Å². The molecule has 2 N–H and O–H groups in total. The van der Waals surface area contributed by atoms with Crippen molar-refractivity contribution >= 4 is 33.9 Å². The quantitative estimate of drug-likeness (QED) is 0.286. The Hall–Kier alpha value is -4.18. The molecule has 0 bridgehead atoms. The zero-order valence-corrected chi connectivity index (χ0v) is 23.0. The van der Waals surface area contributed by atoms with Gasteiger partial charge in [-0.25, -0.2) is 4.68 Å². The first-order chi connectivity index (χ1) is 19.7. The smallest absolute Gasteiger partial charge is 0.110 e. The standard InChI is InChI=1S/C30H29ClN8O/c1-30(2)17-40-10-9-26(30)36-28-19(14-33)15-34-27-18(13-32)11-20(12-23(27)28)35-29(22-5-3-4-6-24(22)31)25-16-39(38-37-25)21-7-8-21/h3-6,11-12,15-16,21,26,29,35H,7-10,17H2,1-2H3,(H,34,36)/i29D. The average Bonchev–Trinajstić information content (AvgIpc) is 3.69. The number of fused-ring (bicyclic) bond motifs is 1. The Balaban J connectivity index is 1.49. The van der Waals surface area contributed by atoms with Gasteiger partial charge in [-0.3, -0.25) is 4.98 Å². The molecule has 0 spiro atoms. The lowest BCUT2D eigenvalue weighted by Gasteiger charge is -2.39. The number of hydrogen-bond donors (Lipinski definition) is 2. The molecule has 202 valence electrons. The Morgan fingerprint density at radius 1 is 1.18 bits per heavy atom. The maximum atomic E-state index is 10.1. The minimum Gasteiger partial charge on any atom is -0.381 e. The van der Waals surface area contributed by atoms with E-state index in [0.717, 1.165) is 19.3 Å². The van der Waals surface area contributed by atoms with Crippen LogP contribution in [0.4, 0.5) is 11.4 Å². The molecular weight excluding hydrogens is 524 g/mol. The summed E-state index contributed by atoms with van der Waals surface area (Å²) in [4.78, 5) is 4.48. The van der Waals surface area contributed by atoms with E-state index in [9.17, 15) is 11.9 Å². The molecule has 6 rings (SSSR count). The van der Waals surface area contributed by atoms with E-state index in [-0.39, 0.29) is 17.5 Å². The predicted molar refractivity (Wildman–Crippen MR) is 153 cm³/mol. The number of nitriles is 2. The van der Waals surface area contributed by atoms with Crippen LogP contribution in [0.15, 0.2) is 48.8 Å². The van der Waals surface area contributed by atoms with Crippen molar-refractivity contribution in [3.63, 3.8) is 0 Å². The molecule has 0 amide bonds. The molecule has 40 heavy (non-hydrogen) atoms. The van der Waals surface area contributed by atoms with Crippen molar-refractivity contribution in [3.8, 4) is 12.1 Å². The van der Waals surface area contributed by atoms with E-state index in [4.69, 9.17) is 16.3 Å². The molecule has 2 aromatic heterocycles. The third kappa shape index (κ3) is 4.95. The van der Waals surface area contributed by atoms with Gasteiger partial charge in [0.05, 0.1) is 48.6 Å². The summed E-state index contributed by atoms with van der Waals surface area (Å²) in [5.41, 5.74) is 2.93. The Bertz CT molecular complexity index is 1720. The second-order valence-electron chi connectivity index (χ2n) is 11.0. The number of ether oxygens (including phenoxy) is 1. The fourth-order valence-electron chi connectivity index (χ4n) is 5.16. The van der Waals surface area contributed by atoms with Gasteiger partial charge in [0.15, 0.2) is 0 Å². The first kappa shape index (κ1) is 24.8. The Kier molecular flexibility index (Phi) is 6.47. The van der Waals surface area contributed by atoms with E-state index >= 15 is 0 Å². The van der Waals surface area contributed by atoms with E-state index in [0.29, 0.717) is 62.9 Å². The molecule has 1 saturated carbocycles. The van der Waals surface area contributed by atoms with Crippen LogP contribution in [0.1, 0.15) is 68.9 Å². The van der Waals surface area contributed by atoms with Crippen LogP contribution >= 0.6 is 11.6 Å². The molecule has 1 aliphatic carbocycles. The van der Waals surface area contributed by atoms with Gasteiger partial charge in [-0.2, -0.15) is 10.5 Å². The van der Waals surface area contributed by atoms with E-state index in [1.807, 2.05) is 18.2 Å². The van der Waals surface area contributed by atoms with Crippen LogP contribution in [0.25, 0.3) is 10.9 Å². The lowest BCUT2D eigenvalue weighted by molar-refractivity contribution is 0.00350. The van der Waals surface area contributed by atoms with E-state index < -0.39 is 6.02 Å². The summed E-state index contributed by atoms with van der Waals surface area (Å²) in [5.74, 6) is 0. The number of hydrogen-bond acceptors (Lipinski definition) is 8. The number of nitrogens with one attached hydrogen (secondary N) is 2. The second kappa shape index (κ2) is 10.4. The summed E-state index contributed by atoms with van der Waals surface area (Å²) in [7, 11) is 0. The summed E-state index contributed by atoms with van der Waals surface area (Å²) in [5, 5.41) is 36.7. The maximum absolute atomic E-state index is 10.1. The highest BCUT2D eigenvalue weighted by atomic mass is 35.5. The van der Waals surface area contributed by atoms with Crippen LogP contribution < -0.4 is 10.6 Å². The third-order valence-electron chi connectivity index (χ3n) is 7.60. The van der Waals surface area contributed by atoms with E-state index in [2.05, 4.69) is 51.9 Å². The van der Waals surface area contributed by atoms with Crippen molar-refractivity contribution in [1.29, 1.82) is 10.5 Å².